The van der Waals surface area contributed by atoms with Gasteiger partial charge in [-0.2, -0.15) is 10.4 Å². The molecule has 0 amide bonds. The van der Waals surface area contributed by atoms with Gasteiger partial charge in [0.1, 0.15) is 17.4 Å². The van der Waals surface area contributed by atoms with E-state index in [1.54, 1.807) is 26.1 Å². The van der Waals surface area contributed by atoms with Gasteiger partial charge in [0, 0.05) is 7.05 Å². The second-order valence-electron chi connectivity index (χ2n) is 5.29. The fourth-order valence-corrected chi connectivity index (χ4v) is 3.17. The molecule has 0 spiro atoms. The highest BCUT2D eigenvalue weighted by Crippen LogP contribution is 2.23. The summed E-state index contributed by atoms with van der Waals surface area (Å²) < 4.78 is 34.2. The van der Waals surface area contributed by atoms with Gasteiger partial charge in [0.2, 0.25) is 0 Å². The lowest BCUT2D eigenvalue weighted by Crippen LogP contribution is -2.16. The van der Waals surface area contributed by atoms with E-state index in [0.717, 1.165) is 0 Å². The van der Waals surface area contributed by atoms with E-state index in [9.17, 15) is 8.42 Å². The molecule has 0 saturated heterocycles. The monoisotopic (exact) mass is 334 g/mol. The largest absolute Gasteiger partial charge is 0.491 e. The van der Waals surface area contributed by atoms with E-state index >= 15 is 0 Å². The summed E-state index contributed by atoms with van der Waals surface area (Å²) >= 11 is 0. The minimum absolute atomic E-state index is 0.00573. The molecule has 0 bridgehead atoms. The number of nitrogens with zero attached hydrogens (tertiary/aromatic N) is 3. The Hall–Kier alpha value is -2.53. The molecule has 23 heavy (non-hydrogen) atoms. The van der Waals surface area contributed by atoms with E-state index in [1.165, 1.54) is 16.8 Å². The van der Waals surface area contributed by atoms with Crippen LogP contribution in [-0.4, -0.2) is 24.3 Å². The highest BCUT2D eigenvalue weighted by molar-refractivity contribution is 7.92. The van der Waals surface area contributed by atoms with Crippen molar-refractivity contribution in [3.63, 3.8) is 0 Å². The average molecular weight is 334 g/mol. The third-order valence-corrected chi connectivity index (χ3v) is 4.43. The van der Waals surface area contributed by atoms with Crippen molar-refractivity contribution in [1.29, 1.82) is 5.26 Å². The van der Waals surface area contributed by atoms with Gasteiger partial charge in [0.25, 0.3) is 10.0 Å². The molecule has 0 saturated carbocycles. The number of benzene rings is 1. The molecule has 2 rings (SSSR count). The number of aromatic nitrogens is 2. The minimum atomic E-state index is -3.82. The Balaban J connectivity index is 2.31. The van der Waals surface area contributed by atoms with Gasteiger partial charge < -0.3 is 4.74 Å². The molecule has 122 valence electrons. The first kappa shape index (κ1) is 16.8. The average Bonchev–Trinajstić information content (AvgIpc) is 2.72. The van der Waals surface area contributed by atoms with Crippen LogP contribution in [0.3, 0.4) is 0 Å². The second-order valence-corrected chi connectivity index (χ2v) is 6.97. The minimum Gasteiger partial charge on any atom is -0.491 e. The Morgan fingerprint density at radius 3 is 2.43 bits per heavy atom. The summed E-state index contributed by atoms with van der Waals surface area (Å²) in [6, 6.07) is 8.05. The third kappa shape index (κ3) is 3.63. The third-order valence-electron chi connectivity index (χ3n) is 3.07. The van der Waals surface area contributed by atoms with Crippen molar-refractivity contribution in [2.45, 2.75) is 31.8 Å². The Kier molecular flexibility index (Phi) is 4.61. The smallest absolute Gasteiger partial charge is 0.263 e. The first-order valence-electron chi connectivity index (χ1n) is 6.98. The summed E-state index contributed by atoms with van der Waals surface area (Å²) in [5.41, 5.74) is 0.671. The Morgan fingerprint density at radius 2 is 1.91 bits per heavy atom. The van der Waals surface area contributed by atoms with Crippen molar-refractivity contribution >= 4 is 15.8 Å². The maximum atomic E-state index is 12.5. The van der Waals surface area contributed by atoms with Crippen LogP contribution in [0.1, 0.15) is 25.1 Å². The van der Waals surface area contributed by atoms with Gasteiger partial charge in [-0.1, -0.05) is 0 Å². The lowest BCUT2D eigenvalue weighted by Gasteiger charge is -2.11. The topological polar surface area (TPSA) is 97.0 Å². The molecule has 0 aliphatic heterocycles. The fraction of sp³-hybridized carbons (Fsp3) is 0.333. The molecule has 0 radical (unpaired) electrons. The van der Waals surface area contributed by atoms with E-state index in [0.29, 0.717) is 11.4 Å². The van der Waals surface area contributed by atoms with Crippen LogP contribution >= 0.6 is 0 Å². The number of rotatable bonds is 5. The van der Waals surface area contributed by atoms with Gasteiger partial charge in [0.05, 0.1) is 16.7 Å². The summed E-state index contributed by atoms with van der Waals surface area (Å²) in [7, 11) is -2.24. The lowest BCUT2D eigenvalue weighted by molar-refractivity contribution is 0.242. The summed E-state index contributed by atoms with van der Waals surface area (Å²) in [6.45, 7) is 5.43. The highest BCUT2D eigenvalue weighted by Gasteiger charge is 2.21. The SMILES string of the molecule is Cc1nn(C)c(NS(=O)(=O)c2ccc(OC(C)C)cc2)c1C#N. The highest BCUT2D eigenvalue weighted by atomic mass is 32.2. The van der Waals surface area contributed by atoms with Crippen molar-refractivity contribution in [2.75, 3.05) is 4.72 Å². The molecule has 1 heterocycles. The first-order valence-corrected chi connectivity index (χ1v) is 8.46. The van der Waals surface area contributed by atoms with Gasteiger partial charge in [-0.15, -0.1) is 0 Å². The fourth-order valence-electron chi connectivity index (χ4n) is 2.06. The van der Waals surface area contributed by atoms with Gasteiger partial charge in [0.15, 0.2) is 5.82 Å². The molecule has 1 aromatic heterocycles. The number of ether oxygens (including phenoxy) is 1. The van der Waals surface area contributed by atoms with Gasteiger partial charge in [-0.3, -0.25) is 9.40 Å². The molecule has 0 unspecified atom stereocenters. The van der Waals surface area contributed by atoms with Crippen LogP contribution in [0, 0.1) is 18.3 Å². The van der Waals surface area contributed by atoms with Crippen molar-refractivity contribution < 1.29 is 13.2 Å². The Bertz CT molecular complexity index is 846. The Labute approximate surface area is 135 Å². The van der Waals surface area contributed by atoms with E-state index < -0.39 is 10.0 Å². The summed E-state index contributed by atoms with van der Waals surface area (Å²) in [5, 5.41) is 13.2. The van der Waals surface area contributed by atoms with Crippen LogP contribution < -0.4 is 9.46 Å². The molecule has 0 aliphatic carbocycles. The number of aryl methyl sites for hydroxylation is 2. The van der Waals surface area contributed by atoms with E-state index in [4.69, 9.17) is 10.00 Å². The maximum Gasteiger partial charge on any atom is 0.263 e. The van der Waals surface area contributed by atoms with Gasteiger partial charge >= 0.3 is 0 Å². The van der Waals surface area contributed by atoms with Crippen molar-refractivity contribution in [1.82, 2.24) is 9.78 Å². The normalized spacial score (nSPS) is 11.3. The van der Waals surface area contributed by atoms with Crippen LogP contribution in [0.4, 0.5) is 5.82 Å². The van der Waals surface area contributed by atoms with Crippen molar-refractivity contribution in [3.8, 4) is 11.8 Å². The predicted octanol–water partition coefficient (Wildman–Crippen LogP) is 2.19. The predicted molar refractivity (Wildman–Crippen MR) is 85.7 cm³/mol. The van der Waals surface area contributed by atoms with E-state index in [-0.39, 0.29) is 22.4 Å². The van der Waals surface area contributed by atoms with Gasteiger partial charge in [-0.05, 0) is 45.0 Å². The molecule has 8 heteroatoms. The maximum absolute atomic E-state index is 12.5. The summed E-state index contributed by atoms with van der Waals surface area (Å²) in [4.78, 5) is 0.0800. The van der Waals surface area contributed by atoms with Crippen LogP contribution in [0.5, 0.6) is 5.75 Å². The standard InChI is InChI=1S/C15H18N4O3S/c1-10(2)22-12-5-7-13(8-6-12)23(20,21)18-15-14(9-16)11(3)17-19(15)4/h5-8,10,18H,1-4H3. The summed E-state index contributed by atoms with van der Waals surface area (Å²) in [5.74, 6) is 0.737. The zero-order valence-corrected chi connectivity index (χ0v) is 14.2. The molecule has 0 atom stereocenters. The van der Waals surface area contributed by atoms with Crippen molar-refractivity contribution in [2.24, 2.45) is 7.05 Å². The lowest BCUT2D eigenvalue weighted by atomic mass is 10.3. The van der Waals surface area contributed by atoms with Crippen LogP contribution in [-0.2, 0) is 17.1 Å². The number of nitriles is 1. The zero-order valence-electron chi connectivity index (χ0n) is 13.4. The van der Waals surface area contributed by atoms with Gasteiger partial charge in [-0.25, -0.2) is 8.42 Å². The zero-order chi connectivity index (χ0) is 17.2. The van der Waals surface area contributed by atoms with Crippen molar-refractivity contribution in [3.05, 3.63) is 35.5 Å². The van der Waals surface area contributed by atoms with Crippen LogP contribution in [0.15, 0.2) is 29.2 Å². The second kappa shape index (κ2) is 6.30. The molecule has 1 aromatic carbocycles. The van der Waals surface area contributed by atoms with Crippen LogP contribution in [0.25, 0.3) is 0 Å². The number of sulfonamides is 1. The number of hydrogen-bond donors (Lipinski definition) is 1. The molecule has 1 N–H and O–H groups in total. The van der Waals surface area contributed by atoms with E-state index in [2.05, 4.69) is 9.82 Å². The number of nitrogens with one attached hydrogen (secondary N) is 1. The number of hydrogen-bond acceptors (Lipinski definition) is 5. The first-order chi connectivity index (χ1) is 10.7. The molecule has 0 fully saturated rings. The quantitative estimate of drug-likeness (QED) is 0.904. The van der Waals surface area contributed by atoms with E-state index in [1.807, 2.05) is 19.9 Å². The molecular formula is C15H18N4O3S. The van der Waals surface area contributed by atoms with Crippen LogP contribution in [0.2, 0.25) is 0 Å². The number of anilines is 1. The molecule has 7 nitrogen and oxygen atoms in total. The molecular weight excluding hydrogens is 316 g/mol. The Morgan fingerprint density at radius 1 is 1.30 bits per heavy atom. The molecule has 0 aliphatic rings. The molecule has 2 aromatic rings. The summed E-state index contributed by atoms with van der Waals surface area (Å²) in [6.07, 6.45) is 0.00573.